The van der Waals surface area contributed by atoms with E-state index in [4.69, 9.17) is 0 Å². The van der Waals surface area contributed by atoms with Crippen LogP contribution in [0.3, 0.4) is 0 Å². The molecule has 190 valence electrons. The van der Waals surface area contributed by atoms with E-state index in [0.29, 0.717) is 17.7 Å². The fourth-order valence-corrected chi connectivity index (χ4v) is 4.77. The Morgan fingerprint density at radius 3 is 2.31 bits per heavy atom. The smallest absolute Gasteiger partial charge is 0.433 e. The van der Waals surface area contributed by atoms with Gasteiger partial charge in [-0.1, -0.05) is 50.2 Å². The Bertz CT molecular complexity index is 1210. The van der Waals surface area contributed by atoms with E-state index in [-0.39, 0.29) is 23.8 Å². The van der Waals surface area contributed by atoms with Crippen molar-refractivity contribution in [2.75, 3.05) is 4.90 Å². The zero-order chi connectivity index (χ0) is 26.1. The molecule has 0 bridgehead atoms. The van der Waals surface area contributed by atoms with Gasteiger partial charge in [0.05, 0.1) is 6.04 Å². The third-order valence-electron chi connectivity index (χ3n) is 6.40. The van der Waals surface area contributed by atoms with Crippen molar-refractivity contribution in [3.8, 4) is 5.75 Å². The zero-order valence-electron chi connectivity index (χ0n) is 19.7. The maximum Gasteiger partial charge on any atom is 0.433 e. The lowest BCUT2D eigenvalue weighted by Gasteiger charge is -2.27. The Balaban J connectivity index is 1.66. The number of halogens is 5. The number of ether oxygens (including phenoxy) is 1. The summed E-state index contributed by atoms with van der Waals surface area (Å²) < 4.78 is 69.8. The molecule has 0 unspecified atom stereocenters. The van der Waals surface area contributed by atoms with Gasteiger partial charge in [-0.2, -0.15) is 22.0 Å². The Hall–Kier alpha value is -3.49. The van der Waals surface area contributed by atoms with Crippen molar-refractivity contribution in [3.05, 3.63) is 89.7 Å². The summed E-state index contributed by atoms with van der Waals surface area (Å²) in [5.74, 6) is -0.729. The van der Waals surface area contributed by atoms with Gasteiger partial charge < -0.3 is 9.64 Å². The average Bonchev–Trinajstić information content (AvgIpc) is 3.14. The number of pyridine rings is 1. The van der Waals surface area contributed by atoms with Crippen molar-refractivity contribution < 1.29 is 31.5 Å². The SMILES string of the molecule is CC(C)(C[C@@H]1C[C@H](c2cccc(OC(F)F)c2)N(c2ccccc2)C1=O)c1cccc(C(F)(F)F)n1. The minimum Gasteiger partial charge on any atom is -0.435 e. The van der Waals surface area contributed by atoms with Gasteiger partial charge in [0.15, 0.2) is 0 Å². The molecular formula is C27H25F5N2O2. The highest BCUT2D eigenvalue weighted by molar-refractivity contribution is 5.98. The summed E-state index contributed by atoms with van der Waals surface area (Å²) in [6, 6.07) is 18.5. The average molecular weight is 504 g/mol. The fourth-order valence-electron chi connectivity index (χ4n) is 4.77. The largest absolute Gasteiger partial charge is 0.435 e. The summed E-state index contributed by atoms with van der Waals surface area (Å²) in [6.07, 6.45) is -3.96. The Morgan fingerprint density at radius 1 is 0.972 bits per heavy atom. The van der Waals surface area contributed by atoms with Crippen LogP contribution >= 0.6 is 0 Å². The molecule has 2 aromatic carbocycles. The molecule has 9 heteroatoms. The third kappa shape index (κ3) is 5.50. The molecule has 1 aliphatic heterocycles. The van der Waals surface area contributed by atoms with Crippen LogP contribution in [0, 0.1) is 5.92 Å². The van der Waals surface area contributed by atoms with Crippen LogP contribution in [0.5, 0.6) is 5.75 Å². The van der Waals surface area contributed by atoms with E-state index in [1.54, 1.807) is 55.1 Å². The van der Waals surface area contributed by atoms with Gasteiger partial charge in [0, 0.05) is 22.7 Å². The van der Waals surface area contributed by atoms with Crippen molar-refractivity contribution in [1.82, 2.24) is 4.98 Å². The number of carbonyl (C=O) groups excluding carboxylic acids is 1. The Kier molecular flexibility index (Phi) is 7.02. The highest BCUT2D eigenvalue weighted by Gasteiger charge is 2.44. The van der Waals surface area contributed by atoms with E-state index in [0.717, 1.165) is 6.07 Å². The highest BCUT2D eigenvalue weighted by atomic mass is 19.4. The molecule has 0 saturated carbocycles. The minimum absolute atomic E-state index is 0.0140. The molecule has 1 fully saturated rings. The molecule has 2 heterocycles. The normalized spacial score (nSPS) is 18.7. The lowest BCUT2D eigenvalue weighted by molar-refractivity contribution is -0.141. The second kappa shape index (κ2) is 9.87. The van der Waals surface area contributed by atoms with Gasteiger partial charge in [0.25, 0.3) is 0 Å². The van der Waals surface area contributed by atoms with E-state index in [1.807, 2.05) is 6.07 Å². The first kappa shape index (κ1) is 25.6. The molecule has 0 radical (unpaired) electrons. The Morgan fingerprint density at radius 2 is 1.64 bits per heavy atom. The standard InChI is InChI=1S/C27H25F5N2O2/c1-26(2,22-12-7-13-23(33-22)27(30,31)32)16-18-15-21(17-8-6-11-20(14-17)36-25(28)29)34(24(18)35)19-9-4-3-5-10-19/h3-14,18,21,25H,15-16H2,1-2H3/t18-,21+/m0/s1. The summed E-state index contributed by atoms with van der Waals surface area (Å²) in [6.45, 7) is 0.546. The van der Waals surface area contributed by atoms with Crippen molar-refractivity contribution in [2.45, 2.75) is 50.9 Å². The predicted molar refractivity (Wildman–Crippen MR) is 125 cm³/mol. The first-order chi connectivity index (χ1) is 17.0. The van der Waals surface area contributed by atoms with Gasteiger partial charge in [-0.15, -0.1) is 0 Å². The van der Waals surface area contributed by atoms with Crippen molar-refractivity contribution >= 4 is 11.6 Å². The van der Waals surface area contributed by atoms with E-state index in [2.05, 4.69) is 9.72 Å². The summed E-state index contributed by atoms with van der Waals surface area (Å²) in [5.41, 5.74) is -0.301. The summed E-state index contributed by atoms with van der Waals surface area (Å²) in [5, 5.41) is 0. The number of para-hydroxylation sites is 1. The predicted octanol–water partition coefficient (Wildman–Crippen LogP) is 7.16. The van der Waals surface area contributed by atoms with Crippen LogP contribution in [0.4, 0.5) is 27.6 Å². The van der Waals surface area contributed by atoms with Crippen LogP contribution in [-0.2, 0) is 16.4 Å². The molecule has 4 nitrogen and oxygen atoms in total. The molecule has 0 N–H and O–H groups in total. The third-order valence-corrected chi connectivity index (χ3v) is 6.40. The minimum atomic E-state index is -4.57. The molecule has 1 saturated heterocycles. The van der Waals surface area contributed by atoms with Gasteiger partial charge in [-0.25, -0.2) is 4.98 Å². The van der Waals surface area contributed by atoms with Gasteiger partial charge in [0.2, 0.25) is 5.91 Å². The van der Waals surface area contributed by atoms with Crippen LogP contribution in [-0.4, -0.2) is 17.5 Å². The van der Waals surface area contributed by atoms with Crippen LogP contribution in [0.2, 0.25) is 0 Å². The number of hydrogen-bond acceptors (Lipinski definition) is 3. The quantitative estimate of drug-likeness (QED) is 0.321. The monoisotopic (exact) mass is 504 g/mol. The van der Waals surface area contributed by atoms with Crippen molar-refractivity contribution in [3.63, 3.8) is 0 Å². The number of nitrogens with zero attached hydrogens (tertiary/aromatic N) is 2. The maximum atomic E-state index is 13.7. The van der Waals surface area contributed by atoms with E-state index >= 15 is 0 Å². The number of alkyl halides is 5. The number of anilines is 1. The van der Waals surface area contributed by atoms with E-state index in [1.165, 1.54) is 24.3 Å². The number of carbonyl (C=O) groups is 1. The van der Waals surface area contributed by atoms with E-state index in [9.17, 15) is 26.7 Å². The van der Waals surface area contributed by atoms with Crippen LogP contribution in [0.1, 0.15) is 49.7 Å². The molecule has 0 aliphatic carbocycles. The molecule has 36 heavy (non-hydrogen) atoms. The van der Waals surface area contributed by atoms with Crippen LogP contribution in [0.15, 0.2) is 72.8 Å². The van der Waals surface area contributed by atoms with Crippen molar-refractivity contribution in [1.29, 1.82) is 0 Å². The lowest BCUT2D eigenvalue weighted by atomic mass is 9.78. The molecule has 2 atom stereocenters. The Labute approximate surface area is 205 Å². The number of amides is 1. The number of rotatable bonds is 7. The topological polar surface area (TPSA) is 42.4 Å². The summed E-state index contributed by atoms with van der Waals surface area (Å²) >= 11 is 0. The van der Waals surface area contributed by atoms with Gasteiger partial charge in [-0.3, -0.25) is 4.79 Å². The molecule has 1 aliphatic rings. The van der Waals surface area contributed by atoms with E-state index < -0.39 is 35.9 Å². The number of hydrogen-bond donors (Lipinski definition) is 0. The molecule has 1 aromatic heterocycles. The molecule has 3 aromatic rings. The van der Waals surface area contributed by atoms with Crippen LogP contribution < -0.4 is 9.64 Å². The second-order valence-electron chi connectivity index (χ2n) is 9.44. The fraction of sp³-hybridized carbons (Fsp3) is 0.333. The van der Waals surface area contributed by atoms with Gasteiger partial charge in [-0.05, 0) is 54.8 Å². The van der Waals surface area contributed by atoms with Crippen molar-refractivity contribution in [2.24, 2.45) is 5.92 Å². The number of aromatic nitrogens is 1. The first-order valence-electron chi connectivity index (χ1n) is 11.4. The molecule has 0 spiro atoms. The molecule has 1 amide bonds. The first-order valence-corrected chi connectivity index (χ1v) is 11.4. The van der Waals surface area contributed by atoms with Gasteiger partial charge >= 0.3 is 12.8 Å². The summed E-state index contributed by atoms with van der Waals surface area (Å²) in [7, 11) is 0. The molecular weight excluding hydrogens is 479 g/mol. The number of benzene rings is 2. The maximum absolute atomic E-state index is 13.7. The van der Waals surface area contributed by atoms with Crippen LogP contribution in [0.25, 0.3) is 0 Å². The second-order valence-corrected chi connectivity index (χ2v) is 9.44. The van der Waals surface area contributed by atoms with Gasteiger partial charge in [0.1, 0.15) is 11.4 Å². The highest BCUT2D eigenvalue weighted by Crippen LogP contribution is 2.45. The zero-order valence-corrected chi connectivity index (χ0v) is 19.7. The summed E-state index contributed by atoms with van der Waals surface area (Å²) in [4.78, 5) is 19.1. The molecule has 4 rings (SSSR count). The lowest BCUT2D eigenvalue weighted by Crippen LogP contribution is -2.32.